The molecule has 1 aliphatic rings. The van der Waals surface area contributed by atoms with Crippen molar-refractivity contribution in [1.82, 2.24) is 10.2 Å². The first kappa shape index (κ1) is 28.5. The Kier molecular flexibility index (Phi) is 9.99. The average Bonchev–Trinajstić information content (AvgIpc) is 2.98. The Balaban J connectivity index is 1.22. The molecular formula is C31H36N4O5. The third kappa shape index (κ3) is 7.75. The molecule has 0 bridgehead atoms. The first-order valence-electron chi connectivity index (χ1n) is 13.6. The van der Waals surface area contributed by atoms with Crippen molar-refractivity contribution >= 4 is 29.1 Å². The van der Waals surface area contributed by atoms with Crippen molar-refractivity contribution in [2.45, 2.75) is 20.3 Å². The number of carbonyl (C=O) groups is 3. The van der Waals surface area contributed by atoms with Gasteiger partial charge in [-0.2, -0.15) is 0 Å². The minimum Gasteiger partial charge on any atom is -0.490 e. The van der Waals surface area contributed by atoms with E-state index in [-0.39, 0.29) is 18.4 Å². The maximum absolute atomic E-state index is 12.8. The molecule has 9 heteroatoms. The molecule has 0 saturated carbocycles. The number of anilines is 2. The Morgan fingerprint density at radius 3 is 2.15 bits per heavy atom. The fraction of sp³-hybridized carbons (Fsp3) is 0.323. The third-order valence-corrected chi connectivity index (χ3v) is 6.56. The van der Waals surface area contributed by atoms with Gasteiger partial charge in [0.05, 0.1) is 26.2 Å². The molecule has 2 N–H and O–H groups in total. The summed E-state index contributed by atoms with van der Waals surface area (Å²) in [4.78, 5) is 42.0. The van der Waals surface area contributed by atoms with Gasteiger partial charge in [0, 0.05) is 43.1 Å². The van der Waals surface area contributed by atoms with Crippen LogP contribution >= 0.6 is 0 Å². The summed E-state index contributed by atoms with van der Waals surface area (Å²) in [5, 5.41) is 5.40. The molecule has 1 aliphatic heterocycles. The van der Waals surface area contributed by atoms with Crippen molar-refractivity contribution in [3.05, 3.63) is 83.9 Å². The fourth-order valence-electron chi connectivity index (χ4n) is 4.51. The first-order chi connectivity index (χ1) is 19.5. The highest BCUT2D eigenvalue weighted by molar-refractivity contribution is 5.99. The van der Waals surface area contributed by atoms with Gasteiger partial charge in [-0.3, -0.25) is 14.4 Å². The van der Waals surface area contributed by atoms with Gasteiger partial charge in [-0.1, -0.05) is 30.3 Å². The topological polar surface area (TPSA) is 100 Å². The number of carbonyl (C=O) groups excluding carboxylic acids is 3. The molecule has 0 atom stereocenters. The largest absolute Gasteiger partial charge is 0.490 e. The van der Waals surface area contributed by atoms with Gasteiger partial charge in [0.25, 0.3) is 5.91 Å². The monoisotopic (exact) mass is 544 g/mol. The number of benzene rings is 3. The molecular weight excluding hydrogens is 508 g/mol. The van der Waals surface area contributed by atoms with Gasteiger partial charge >= 0.3 is 0 Å². The molecule has 0 spiro atoms. The zero-order valence-corrected chi connectivity index (χ0v) is 23.0. The molecule has 0 aliphatic carbocycles. The predicted molar refractivity (Wildman–Crippen MR) is 155 cm³/mol. The maximum atomic E-state index is 12.8. The Morgan fingerprint density at radius 2 is 1.48 bits per heavy atom. The summed E-state index contributed by atoms with van der Waals surface area (Å²) in [5.74, 6) is 0.389. The van der Waals surface area contributed by atoms with E-state index in [0.29, 0.717) is 55.5 Å². The van der Waals surface area contributed by atoms with Crippen LogP contribution in [0.3, 0.4) is 0 Å². The molecule has 1 saturated heterocycles. The summed E-state index contributed by atoms with van der Waals surface area (Å²) in [7, 11) is 0. The summed E-state index contributed by atoms with van der Waals surface area (Å²) < 4.78 is 11.1. The summed E-state index contributed by atoms with van der Waals surface area (Å²) in [6.45, 7) is 7.46. The van der Waals surface area contributed by atoms with Crippen LogP contribution < -0.4 is 25.0 Å². The van der Waals surface area contributed by atoms with Crippen LogP contribution in [0.4, 0.5) is 11.4 Å². The van der Waals surface area contributed by atoms with Crippen LogP contribution in [0, 0.1) is 0 Å². The smallest absolute Gasteiger partial charge is 0.251 e. The van der Waals surface area contributed by atoms with E-state index in [2.05, 4.69) is 27.7 Å². The normalized spacial score (nSPS) is 12.9. The van der Waals surface area contributed by atoms with Gasteiger partial charge in [-0.15, -0.1) is 0 Å². The Morgan fingerprint density at radius 1 is 0.800 bits per heavy atom. The standard InChI is InChI=1S/C31H36N4O5/c1-3-39-27-15-12-24(21-28(27)40-4-2)31(38)32-22-29(36)33-25-13-10-23(11-14-25)20-30(37)35-18-16-34(17-19-35)26-8-6-5-7-9-26/h5-15,21H,3-4,16-20,22H2,1-2H3,(H,32,38)(H,33,36). The quantitative estimate of drug-likeness (QED) is 0.382. The number of nitrogens with one attached hydrogen (secondary N) is 2. The average molecular weight is 545 g/mol. The number of nitrogens with zero attached hydrogens (tertiary/aromatic N) is 2. The van der Waals surface area contributed by atoms with E-state index < -0.39 is 5.91 Å². The predicted octanol–water partition coefficient (Wildman–Crippen LogP) is 3.74. The zero-order valence-electron chi connectivity index (χ0n) is 23.0. The number of ether oxygens (including phenoxy) is 2. The number of para-hydroxylation sites is 1. The minimum atomic E-state index is -0.391. The van der Waals surface area contributed by atoms with Crippen molar-refractivity contribution in [3.8, 4) is 11.5 Å². The van der Waals surface area contributed by atoms with Crippen LogP contribution in [0.25, 0.3) is 0 Å². The molecule has 9 nitrogen and oxygen atoms in total. The second kappa shape index (κ2) is 14.0. The van der Waals surface area contributed by atoms with Crippen LogP contribution in [-0.4, -0.2) is 68.6 Å². The van der Waals surface area contributed by atoms with Crippen molar-refractivity contribution in [1.29, 1.82) is 0 Å². The Hall–Kier alpha value is -4.53. The van der Waals surface area contributed by atoms with E-state index >= 15 is 0 Å². The van der Waals surface area contributed by atoms with Gasteiger partial charge in [0.1, 0.15) is 0 Å². The van der Waals surface area contributed by atoms with Crippen LogP contribution in [0.5, 0.6) is 11.5 Å². The Bertz CT molecular complexity index is 1290. The summed E-state index contributed by atoms with van der Waals surface area (Å²) in [6, 6.07) is 22.3. The second-order valence-electron chi connectivity index (χ2n) is 9.34. The number of rotatable bonds is 11. The number of amides is 3. The highest BCUT2D eigenvalue weighted by atomic mass is 16.5. The molecule has 0 unspecified atom stereocenters. The number of piperazine rings is 1. The summed E-state index contributed by atoms with van der Waals surface area (Å²) >= 11 is 0. The highest BCUT2D eigenvalue weighted by Gasteiger charge is 2.21. The molecule has 1 fully saturated rings. The lowest BCUT2D eigenvalue weighted by molar-refractivity contribution is -0.130. The molecule has 3 aromatic rings. The summed E-state index contributed by atoms with van der Waals surface area (Å²) in [6.07, 6.45) is 0.307. The molecule has 0 radical (unpaired) electrons. The molecule has 40 heavy (non-hydrogen) atoms. The van der Waals surface area contributed by atoms with Gasteiger partial charge < -0.3 is 29.9 Å². The lowest BCUT2D eigenvalue weighted by Gasteiger charge is -2.36. The van der Waals surface area contributed by atoms with E-state index in [4.69, 9.17) is 9.47 Å². The van der Waals surface area contributed by atoms with Crippen LogP contribution in [0.15, 0.2) is 72.8 Å². The third-order valence-electron chi connectivity index (χ3n) is 6.56. The van der Waals surface area contributed by atoms with Crippen LogP contribution in [-0.2, 0) is 16.0 Å². The van der Waals surface area contributed by atoms with Gasteiger partial charge in [-0.05, 0) is 61.9 Å². The molecule has 3 aromatic carbocycles. The van der Waals surface area contributed by atoms with Gasteiger partial charge in [-0.25, -0.2) is 0 Å². The van der Waals surface area contributed by atoms with Gasteiger partial charge in [0.2, 0.25) is 11.8 Å². The SMILES string of the molecule is CCOc1ccc(C(=O)NCC(=O)Nc2ccc(CC(=O)N3CCN(c4ccccc4)CC3)cc2)cc1OCC. The van der Waals surface area contributed by atoms with E-state index in [1.54, 1.807) is 30.3 Å². The first-order valence-corrected chi connectivity index (χ1v) is 13.6. The maximum Gasteiger partial charge on any atom is 0.251 e. The highest BCUT2D eigenvalue weighted by Crippen LogP contribution is 2.28. The van der Waals surface area contributed by atoms with E-state index in [1.165, 1.54) is 5.69 Å². The Labute approximate surface area is 235 Å². The van der Waals surface area contributed by atoms with Crippen molar-refractivity contribution < 1.29 is 23.9 Å². The second-order valence-corrected chi connectivity index (χ2v) is 9.34. The lowest BCUT2D eigenvalue weighted by Crippen LogP contribution is -2.49. The zero-order chi connectivity index (χ0) is 28.3. The van der Waals surface area contributed by atoms with Gasteiger partial charge in [0.15, 0.2) is 11.5 Å². The van der Waals surface area contributed by atoms with Crippen molar-refractivity contribution in [3.63, 3.8) is 0 Å². The molecule has 1 heterocycles. The summed E-state index contributed by atoms with van der Waals surface area (Å²) in [5.41, 5.74) is 3.02. The molecule has 3 amide bonds. The number of hydrogen-bond donors (Lipinski definition) is 2. The molecule has 210 valence electrons. The van der Waals surface area contributed by atoms with Crippen molar-refractivity contribution in [2.24, 2.45) is 0 Å². The van der Waals surface area contributed by atoms with E-state index in [0.717, 1.165) is 18.7 Å². The van der Waals surface area contributed by atoms with Crippen LogP contribution in [0.1, 0.15) is 29.8 Å². The molecule has 4 rings (SSSR count). The minimum absolute atomic E-state index is 0.0917. The number of hydrogen-bond acceptors (Lipinski definition) is 6. The molecule has 0 aromatic heterocycles. The van der Waals surface area contributed by atoms with Crippen LogP contribution in [0.2, 0.25) is 0 Å². The van der Waals surface area contributed by atoms with E-state index in [9.17, 15) is 14.4 Å². The fourth-order valence-corrected chi connectivity index (χ4v) is 4.51. The van der Waals surface area contributed by atoms with Crippen molar-refractivity contribution in [2.75, 3.05) is 56.2 Å². The lowest BCUT2D eigenvalue weighted by atomic mass is 10.1. The van der Waals surface area contributed by atoms with E-state index in [1.807, 2.05) is 49.1 Å².